The summed E-state index contributed by atoms with van der Waals surface area (Å²) in [6.45, 7) is 0.138. The van der Waals surface area contributed by atoms with Crippen LogP contribution in [0.2, 0.25) is 0 Å². The van der Waals surface area contributed by atoms with Gasteiger partial charge in [0.2, 0.25) is 5.95 Å². The molecule has 0 aromatic carbocycles. The van der Waals surface area contributed by atoms with Gasteiger partial charge in [-0.2, -0.15) is 4.39 Å². The molecule has 108 valence electrons. The minimum atomic E-state index is -1.33. The molecule has 1 saturated carbocycles. The van der Waals surface area contributed by atoms with E-state index in [0.29, 0.717) is 12.8 Å². The van der Waals surface area contributed by atoms with Crippen molar-refractivity contribution in [1.82, 2.24) is 10.3 Å². The third kappa shape index (κ3) is 2.92. The van der Waals surface area contributed by atoms with E-state index in [2.05, 4.69) is 10.3 Å². The Morgan fingerprint density at radius 3 is 2.85 bits per heavy atom. The molecule has 2 unspecified atom stereocenters. The SMILES string of the molecule is O=C(NCC1CCCC1C(=O)O)c1ccnc(F)c1F. The smallest absolute Gasteiger partial charge is 0.306 e. The molecule has 1 aromatic heterocycles. The molecule has 5 nitrogen and oxygen atoms in total. The van der Waals surface area contributed by atoms with Gasteiger partial charge in [-0.3, -0.25) is 9.59 Å². The van der Waals surface area contributed by atoms with E-state index >= 15 is 0 Å². The third-order valence-corrected chi connectivity index (χ3v) is 3.59. The molecule has 2 atom stereocenters. The number of amides is 1. The van der Waals surface area contributed by atoms with Gasteiger partial charge >= 0.3 is 5.97 Å². The van der Waals surface area contributed by atoms with Crippen LogP contribution in [0.4, 0.5) is 8.78 Å². The van der Waals surface area contributed by atoms with Crippen molar-refractivity contribution in [3.05, 3.63) is 29.6 Å². The van der Waals surface area contributed by atoms with Gasteiger partial charge < -0.3 is 10.4 Å². The molecular formula is C13H14F2N2O3. The van der Waals surface area contributed by atoms with Crippen LogP contribution in [0.25, 0.3) is 0 Å². The lowest BCUT2D eigenvalue weighted by atomic mass is 9.96. The van der Waals surface area contributed by atoms with Gasteiger partial charge in [-0.15, -0.1) is 0 Å². The van der Waals surface area contributed by atoms with Crippen molar-refractivity contribution in [1.29, 1.82) is 0 Å². The number of carboxylic acids is 1. The number of hydrogen-bond donors (Lipinski definition) is 2. The van der Waals surface area contributed by atoms with Gasteiger partial charge in [0.25, 0.3) is 5.91 Å². The van der Waals surface area contributed by atoms with Crippen LogP contribution in [0.15, 0.2) is 12.3 Å². The van der Waals surface area contributed by atoms with Gasteiger partial charge in [0.1, 0.15) is 0 Å². The topological polar surface area (TPSA) is 79.3 Å². The van der Waals surface area contributed by atoms with Gasteiger partial charge in [0, 0.05) is 12.7 Å². The monoisotopic (exact) mass is 284 g/mol. The van der Waals surface area contributed by atoms with Crippen LogP contribution in [-0.4, -0.2) is 28.5 Å². The molecule has 1 heterocycles. The summed E-state index contributed by atoms with van der Waals surface area (Å²) in [6.07, 6.45) is 3.07. The molecule has 0 radical (unpaired) electrons. The molecule has 0 bridgehead atoms. The van der Waals surface area contributed by atoms with E-state index in [-0.39, 0.29) is 12.5 Å². The summed E-state index contributed by atoms with van der Waals surface area (Å²) >= 11 is 0. The number of halogens is 2. The summed E-state index contributed by atoms with van der Waals surface area (Å²) in [5.41, 5.74) is -0.428. The van der Waals surface area contributed by atoms with Crippen molar-refractivity contribution in [3.63, 3.8) is 0 Å². The first kappa shape index (κ1) is 14.4. The van der Waals surface area contributed by atoms with E-state index in [1.54, 1.807) is 0 Å². The molecule has 0 aliphatic heterocycles. The molecule has 1 amide bonds. The number of carbonyl (C=O) groups excluding carboxylic acids is 1. The first-order chi connectivity index (χ1) is 9.50. The average Bonchev–Trinajstić information content (AvgIpc) is 2.87. The summed E-state index contributed by atoms with van der Waals surface area (Å²) in [5, 5.41) is 11.5. The van der Waals surface area contributed by atoms with Gasteiger partial charge in [0.05, 0.1) is 11.5 Å². The normalized spacial score (nSPS) is 21.7. The van der Waals surface area contributed by atoms with Crippen molar-refractivity contribution in [3.8, 4) is 0 Å². The van der Waals surface area contributed by atoms with Crippen LogP contribution in [0.1, 0.15) is 29.6 Å². The lowest BCUT2D eigenvalue weighted by Crippen LogP contribution is -2.33. The predicted molar refractivity (Wildman–Crippen MR) is 65.0 cm³/mol. The first-order valence-electron chi connectivity index (χ1n) is 6.31. The first-order valence-corrected chi connectivity index (χ1v) is 6.31. The average molecular weight is 284 g/mol. The van der Waals surface area contributed by atoms with Gasteiger partial charge in [0.15, 0.2) is 5.82 Å². The predicted octanol–water partition coefficient (Wildman–Crippen LogP) is 1.59. The fraction of sp³-hybridized carbons (Fsp3) is 0.462. The van der Waals surface area contributed by atoms with E-state index in [1.165, 1.54) is 0 Å². The Bertz CT molecular complexity index is 536. The molecule has 2 N–H and O–H groups in total. The van der Waals surface area contributed by atoms with Gasteiger partial charge in [-0.05, 0) is 24.8 Å². The summed E-state index contributed by atoms with van der Waals surface area (Å²) in [7, 11) is 0. The second-order valence-electron chi connectivity index (χ2n) is 4.81. The highest BCUT2D eigenvalue weighted by molar-refractivity contribution is 5.94. The fourth-order valence-electron chi connectivity index (χ4n) is 2.52. The van der Waals surface area contributed by atoms with Crippen LogP contribution in [0.3, 0.4) is 0 Å². The number of carboxylic acid groups (broad SMARTS) is 1. The lowest BCUT2D eigenvalue weighted by Gasteiger charge is -2.16. The minimum absolute atomic E-state index is 0.138. The summed E-state index contributed by atoms with van der Waals surface area (Å²) in [6, 6.07) is 1.08. The molecule has 1 aliphatic carbocycles. The number of hydrogen-bond acceptors (Lipinski definition) is 3. The van der Waals surface area contributed by atoms with Crippen LogP contribution >= 0.6 is 0 Å². The van der Waals surface area contributed by atoms with Crippen molar-refractivity contribution >= 4 is 11.9 Å². The lowest BCUT2D eigenvalue weighted by molar-refractivity contribution is -0.142. The van der Waals surface area contributed by atoms with E-state index in [4.69, 9.17) is 5.11 Å². The maximum atomic E-state index is 13.4. The van der Waals surface area contributed by atoms with E-state index < -0.39 is 35.1 Å². The molecule has 2 rings (SSSR count). The van der Waals surface area contributed by atoms with Gasteiger partial charge in [-0.25, -0.2) is 9.37 Å². The van der Waals surface area contributed by atoms with E-state index in [0.717, 1.165) is 18.7 Å². The Hall–Kier alpha value is -2.05. The number of nitrogens with one attached hydrogen (secondary N) is 1. The van der Waals surface area contributed by atoms with Crippen LogP contribution in [0.5, 0.6) is 0 Å². The second-order valence-corrected chi connectivity index (χ2v) is 4.81. The van der Waals surface area contributed by atoms with Crippen LogP contribution in [0, 0.1) is 23.6 Å². The highest BCUT2D eigenvalue weighted by Crippen LogP contribution is 2.31. The Balaban J connectivity index is 1.99. The van der Waals surface area contributed by atoms with Gasteiger partial charge in [-0.1, -0.05) is 6.42 Å². The zero-order chi connectivity index (χ0) is 14.7. The molecule has 0 saturated heterocycles. The summed E-state index contributed by atoms with van der Waals surface area (Å²) in [5.74, 6) is -4.95. The Kier molecular flexibility index (Phi) is 4.26. The van der Waals surface area contributed by atoms with Crippen molar-refractivity contribution in [2.75, 3.05) is 6.54 Å². The maximum absolute atomic E-state index is 13.4. The largest absolute Gasteiger partial charge is 0.481 e. The Morgan fingerprint density at radius 1 is 1.40 bits per heavy atom. The molecule has 0 spiro atoms. The molecule has 1 aromatic rings. The Morgan fingerprint density at radius 2 is 2.15 bits per heavy atom. The number of carbonyl (C=O) groups is 2. The molecule has 1 aliphatic rings. The molecular weight excluding hydrogens is 270 g/mol. The van der Waals surface area contributed by atoms with Crippen molar-refractivity contribution in [2.24, 2.45) is 11.8 Å². The fourth-order valence-corrected chi connectivity index (χ4v) is 2.52. The quantitative estimate of drug-likeness (QED) is 0.823. The number of rotatable bonds is 4. The number of aliphatic carboxylic acids is 1. The number of nitrogens with zero attached hydrogens (tertiary/aromatic N) is 1. The second kappa shape index (κ2) is 5.94. The Labute approximate surface area is 114 Å². The van der Waals surface area contributed by atoms with Crippen molar-refractivity contribution < 1.29 is 23.5 Å². The van der Waals surface area contributed by atoms with Crippen LogP contribution in [-0.2, 0) is 4.79 Å². The summed E-state index contributed by atoms with van der Waals surface area (Å²) in [4.78, 5) is 25.8. The molecule has 1 fully saturated rings. The number of pyridine rings is 1. The highest BCUT2D eigenvalue weighted by atomic mass is 19.2. The molecule has 20 heavy (non-hydrogen) atoms. The van der Waals surface area contributed by atoms with E-state index in [9.17, 15) is 18.4 Å². The molecule has 7 heteroatoms. The zero-order valence-electron chi connectivity index (χ0n) is 10.6. The van der Waals surface area contributed by atoms with E-state index in [1.807, 2.05) is 0 Å². The maximum Gasteiger partial charge on any atom is 0.306 e. The third-order valence-electron chi connectivity index (χ3n) is 3.59. The number of aromatic nitrogens is 1. The zero-order valence-corrected chi connectivity index (χ0v) is 10.6. The standard InChI is InChI=1S/C13H14F2N2O3/c14-10-9(4-5-16-11(10)15)12(18)17-6-7-2-1-3-8(7)13(19)20/h4-5,7-8H,1-3,6H2,(H,17,18)(H,19,20). The highest BCUT2D eigenvalue weighted by Gasteiger charge is 2.33. The summed E-state index contributed by atoms with van der Waals surface area (Å²) < 4.78 is 26.3. The minimum Gasteiger partial charge on any atom is -0.481 e. The van der Waals surface area contributed by atoms with Crippen molar-refractivity contribution in [2.45, 2.75) is 19.3 Å². The van der Waals surface area contributed by atoms with Crippen LogP contribution < -0.4 is 5.32 Å².